The SMILES string of the molecule is COc1ccc(-n2nnc(C(=O)Nc3ccc(OC)c(Cl)c3)c2C)cc1. The van der Waals surface area contributed by atoms with Gasteiger partial charge in [-0.1, -0.05) is 16.8 Å². The molecule has 0 bridgehead atoms. The van der Waals surface area contributed by atoms with Crippen LogP contribution in [0.1, 0.15) is 16.2 Å². The molecule has 7 nitrogen and oxygen atoms in total. The minimum atomic E-state index is -0.372. The van der Waals surface area contributed by atoms with E-state index >= 15 is 0 Å². The number of ether oxygens (including phenoxy) is 2. The highest BCUT2D eigenvalue weighted by Gasteiger charge is 2.18. The van der Waals surface area contributed by atoms with Crippen LogP contribution in [0.2, 0.25) is 5.02 Å². The first-order valence-electron chi connectivity index (χ1n) is 7.75. The summed E-state index contributed by atoms with van der Waals surface area (Å²) in [6.07, 6.45) is 0. The van der Waals surface area contributed by atoms with Crippen LogP contribution in [0.4, 0.5) is 5.69 Å². The maximum atomic E-state index is 12.5. The molecule has 0 saturated carbocycles. The van der Waals surface area contributed by atoms with Gasteiger partial charge in [-0.2, -0.15) is 0 Å². The lowest BCUT2D eigenvalue weighted by Crippen LogP contribution is -2.14. The Hall–Kier alpha value is -3.06. The predicted molar refractivity (Wildman–Crippen MR) is 98.6 cm³/mol. The normalized spacial score (nSPS) is 10.5. The summed E-state index contributed by atoms with van der Waals surface area (Å²) in [5.41, 5.74) is 2.17. The van der Waals surface area contributed by atoms with Crippen LogP contribution in [0, 0.1) is 6.92 Å². The van der Waals surface area contributed by atoms with E-state index in [0.717, 1.165) is 11.4 Å². The van der Waals surface area contributed by atoms with E-state index in [4.69, 9.17) is 21.1 Å². The van der Waals surface area contributed by atoms with E-state index < -0.39 is 0 Å². The van der Waals surface area contributed by atoms with E-state index in [1.807, 2.05) is 24.3 Å². The highest BCUT2D eigenvalue weighted by atomic mass is 35.5. The van der Waals surface area contributed by atoms with Crippen LogP contribution in [-0.2, 0) is 0 Å². The van der Waals surface area contributed by atoms with E-state index in [1.54, 1.807) is 36.9 Å². The molecule has 26 heavy (non-hydrogen) atoms. The first-order valence-corrected chi connectivity index (χ1v) is 8.13. The van der Waals surface area contributed by atoms with E-state index in [0.29, 0.717) is 22.2 Å². The van der Waals surface area contributed by atoms with Gasteiger partial charge in [-0.3, -0.25) is 4.79 Å². The van der Waals surface area contributed by atoms with Crippen molar-refractivity contribution in [3.8, 4) is 17.2 Å². The zero-order valence-electron chi connectivity index (χ0n) is 14.5. The topological polar surface area (TPSA) is 78.3 Å². The van der Waals surface area contributed by atoms with E-state index in [-0.39, 0.29) is 11.6 Å². The van der Waals surface area contributed by atoms with Gasteiger partial charge >= 0.3 is 0 Å². The molecule has 1 N–H and O–H groups in total. The summed E-state index contributed by atoms with van der Waals surface area (Å²) in [6.45, 7) is 1.78. The molecule has 1 amide bonds. The number of halogens is 1. The summed E-state index contributed by atoms with van der Waals surface area (Å²) in [5.74, 6) is 0.899. The van der Waals surface area contributed by atoms with Gasteiger partial charge < -0.3 is 14.8 Å². The van der Waals surface area contributed by atoms with Crippen molar-refractivity contribution in [3.63, 3.8) is 0 Å². The van der Waals surface area contributed by atoms with Crippen LogP contribution < -0.4 is 14.8 Å². The molecule has 0 unspecified atom stereocenters. The fourth-order valence-corrected chi connectivity index (χ4v) is 2.70. The van der Waals surface area contributed by atoms with Crippen molar-refractivity contribution in [3.05, 3.63) is 58.9 Å². The lowest BCUT2D eigenvalue weighted by atomic mass is 10.2. The summed E-state index contributed by atoms with van der Waals surface area (Å²) >= 11 is 6.08. The van der Waals surface area contributed by atoms with Crippen molar-refractivity contribution in [2.24, 2.45) is 0 Å². The molecular weight excluding hydrogens is 356 g/mol. The van der Waals surface area contributed by atoms with Gasteiger partial charge in [0.15, 0.2) is 5.69 Å². The number of rotatable bonds is 5. The Kier molecular flexibility index (Phi) is 5.09. The second kappa shape index (κ2) is 7.45. The number of methoxy groups -OCH3 is 2. The number of aromatic nitrogens is 3. The predicted octanol–water partition coefficient (Wildman–Crippen LogP) is 3.50. The number of carbonyl (C=O) groups is 1. The fraction of sp³-hybridized carbons (Fsp3) is 0.167. The maximum absolute atomic E-state index is 12.5. The van der Waals surface area contributed by atoms with Crippen LogP contribution in [-0.4, -0.2) is 35.1 Å². The third kappa shape index (κ3) is 3.48. The van der Waals surface area contributed by atoms with Gasteiger partial charge in [-0.15, -0.1) is 5.10 Å². The smallest absolute Gasteiger partial charge is 0.278 e. The van der Waals surface area contributed by atoms with E-state index in [2.05, 4.69) is 15.6 Å². The van der Waals surface area contributed by atoms with Crippen molar-refractivity contribution in [2.75, 3.05) is 19.5 Å². The van der Waals surface area contributed by atoms with E-state index in [9.17, 15) is 4.79 Å². The van der Waals surface area contributed by atoms with Crippen LogP contribution in [0.15, 0.2) is 42.5 Å². The molecule has 3 aromatic rings. The molecule has 0 aliphatic carbocycles. The number of nitrogens with zero attached hydrogens (tertiary/aromatic N) is 3. The molecule has 3 rings (SSSR count). The molecule has 1 aromatic heterocycles. The summed E-state index contributed by atoms with van der Waals surface area (Å²) in [5, 5.41) is 11.2. The summed E-state index contributed by atoms with van der Waals surface area (Å²) in [6, 6.07) is 12.3. The molecule has 0 aliphatic rings. The van der Waals surface area contributed by atoms with Crippen molar-refractivity contribution in [1.82, 2.24) is 15.0 Å². The number of hydrogen-bond acceptors (Lipinski definition) is 5. The quantitative estimate of drug-likeness (QED) is 0.741. The summed E-state index contributed by atoms with van der Waals surface area (Å²) in [7, 11) is 3.13. The summed E-state index contributed by atoms with van der Waals surface area (Å²) < 4.78 is 11.8. The number of carbonyl (C=O) groups excluding carboxylic acids is 1. The van der Waals surface area contributed by atoms with Crippen molar-refractivity contribution in [1.29, 1.82) is 0 Å². The van der Waals surface area contributed by atoms with Gasteiger partial charge in [-0.05, 0) is 49.4 Å². The van der Waals surface area contributed by atoms with Crippen LogP contribution in [0.5, 0.6) is 11.5 Å². The molecule has 0 atom stereocenters. The average Bonchev–Trinajstić information content (AvgIpc) is 3.03. The average molecular weight is 373 g/mol. The first kappa shape index (κ1) is 17.8. The monoisotopic (exact) mass is 372 g/mol. The van der Waals surface area contributed by atoms with Gasteiger partial charge in [-0.25, -0.2) is 4.68 Å². The first-order chi connectivity index (χ1) is 12.5. The van der Waals surface area contributed by atoms with Crippen LogP contribution >= 0.6 is 11.6 Å². The van der Waals surface area contributed by atoms with Gasteiger partial charge in [0.2, 0.25) is 0 Å². The Balaban J connectivity index is 1.82. The summed E-state index contributed by atoms with van der Waals surface area (Å²) in [4.78, 5) is 12.5. The van der Waals surface area contributed by atoms with Crippen LogP contribution in [0.3, 0.4) is 0 Å². The Labute approximate surface area is 155 Å². The van der Waals surface area contributed by atoms with Crippen molar-refractivity contribution < 1.29 is 14.3 Å². The molecule has 1 heterocycles. The lowest BCUT2D eigenvalue weighted by Gasteiger charge is -2.08. The molecule has 0 fully saturated rings. The third-order valence-corrected chi connectivity index (χ3v) is 4.13. The molecule has 2 aromatic carbocycles. The number of anilines is 1. The number of hydrogen-bond donors (Lipinski definition) is 1. The zero-order chi connectivity index (χ0) is 18.7. The molecular formula is C18H17ClN4O3. The van der Waals surface area contributed by atoms with Crippen molar-refractivity contribution >= 4 is 23.2 Å². The molecule has 0 aliphatic heterocycles. The zero-order valence-corrected chi connectivity index (χ0v) is 15.2. The molecule has 0 spiro atoms. The fourth-order valence-electron chi connectivity index (χ4n) is 2.44. The minimum Gasteiger partial charge on any atom is -0.497 e. The number of amides is 1. The largest absolute Gasteiger partial charge is 0.497 e. The molecule has 8 heteroatoms. The van der Waals surface area contributed by atoms with Crippen molar-refractivity contribution in [2.45, 2.75) is 6.92 Å². The Morgan fingerprint density at radius 2 is 1.85 bits per heavy atom. The van der Waals surface area contributed by atoms with Gasteiger partial charge in [0, 0.05) is 5.69 Å². The van der Waals surface area contributed by atoms with Gasteiger partial charge in [0.1, 0.15) is 11.5 Å². The second-order valence-corrected chi connectivity index (χ2v) is 5.84. The minimum absolute atomic E-state index is 0.229. The highest BCUT2D eigenvalue weighted by molar-refractivity contribution is 6.32. The maximum Gasteiger partial charge on any atom is 0.278 e. The number of benzene rings is 2. The standard InChI is InChI=1S/C18H17ClN4O3/c1-11-17(18(24)20-12-4-9-16(26-3)15(19)10-12)21-22-23(11)13-5-7-14(25-2)8-6-13/h4-10H,1-3H3,(H,20,24). The highest BCUT2D eigenvalue weighted by Crippen LogP contribution is 2.27. The second-order valence-electron chi connectivity index (χ2n) is 5.44. The molecule has 0 saturated heterocycles. The number of nitrogens with one attached hydrogen (secondary N) is 1. The van der Waals surface area contributed by atoms with Crippen LogP contribution in [0.25, 0.3) is 5.69 Å². The Morgan fingerprint density at radius 1 is 1.12 bits per heavy atom. The molecule has 0 radical (unpaired) electrons. The molecule has 134 valence electrons. The van der Waals surface area contributed by atoms with Gasteiger partial charge in [0.05, 0.1) is 30.6 Å². The van der Waals surface area contributed by atoms with E-state index in [1.165, 1.54) is 7.11 Å². The lowest BCUT2D eigenvalue weighted by molar-refractivity contribution is 0.102. The third-order valence-electron chi connectivity index (χ3n) is 3.84. The Bertz CT molecular complexity index is 938. The van der Waals surface area contributed by atoms with Gasteiger partial charge in [0.25, 0.3) is 5.91 Å². The Morgan fingerprint density at radius 3 is 2.46 bits per heavy atom.